The maximum absolute atomic E-state index is 13.2. The normalized spacial score (nSPS) is 14.7. The number of nitrogens with zero attached hydrogens (tertiary/aromatic N) is 3. The van der Waals surface area contributed by atoms with E-state index in [1.54, 1.807) is 29.2 Å². The number of piperidine rings is 1. The highest BCUT2D eigenvalue weighted by atomic mass is 32.1. The molecule has 0 radical (unpaired) electrons. The molecule has 0 unspecified atom stereocenters. The highest BCUT2D eigenvalue weighted by molar-refractivity contribution is 7.71. The molecule has 1 fully saturated rings. The van der Waals surface area contributed by atoms with Crippen LogP contribution in [-0.4, -0.2) is 44.4 Å². The fraction of sp³-hybridized carbons (Fsp3) is 0.273. The molecule has 0 spiro atoms. The van der Waals surface area contributed by atoms with Crippen molar-refractivity contribution in [2.45, 2.75) is 18.8 Å². The molecule has 1 N–H and O–H groups in total. The molecule has 1 aliphatic rings. The maximum Gasteiger partial charge on any atom is 0.254 e. The highest BCUT2D eigenvalue weighted by Crippen LogP contribution is 2.28. The average molecular weight is 425 g/mol. The fourth-order valence-electron chi connectivity index (χ4n) is 3.86. The van der Waals surface area contributed by atoms with Gasteiger partial charge in [0.25, 0.3) is 5.91 Å². The molecule has 0 saturated carbocycles. The van der Waals surface area contributed by atoms with E-state index in [1.807, 2.05) is 11.6 Å². The van der Waals surface area contributed by atoms with E-state index in [9.17, 15) is 14.0 Å². The van der Waals surface area contributed by atoms with Crippen LogP contribution in [0.5, 0.6) is 0 Å². The number of benzene rings is 2. The van der Waals surface area contributed by atoms with Crippen LogP contribution in [-0.2, 0) is 7.05 Å². The largest absolute Gasteiger partial charge is 0.339 e. The van der Waals surface area contributed by atoms with Crippen molar-refractivity contribution in [2.75, 3.05) is 13.1 Å². The number of ketones is 1. The average Bonchev–Trinajstić information content (AvgIpc) is 3.12. The van der Waals surface area contributed by atoms with Gasteiger partial charge in [0.1, 0.15) is 11.6 Å². The minimum absolute atomic E-state index is 0.171. The van der Waals surface area contributed by atoms with Crippen molar-refractivity contribution in [3.63, 3.8) is 0 Å². The van der Waals surface area contributed by atoms with Gasteiger partial charge in [-0.15, -0.1) is 0 Å². The van der Waals surface area contributed by atoms with E-state index in [0.717, 1.165) is 18.7 Å². The van der Waals surface area contributed by atoms with E-state index in [0.29, 0.717) is 34.6 Å². The summed E-state index contributed by atoms with van der Waals surface area (Å²) in [5, 5.41) is 7.12. The lowest BCUT2D eigenvalue weighted by molar-refractivity contribution is 0.0706. The number of hydrogen-bond acceptors (Lipinski definition) is 4. The fourth-order valence-corrected chi connectivity index (χ4v) is 4.00. The quantitative estimate of drug-likeness (QED) is 0.510. The lowest BCUT2D eigenvalue weighted by Crippen LogP contribution is -2.39. The number of carbonyl (C=O) groups excluding carboxylic acids is 2. The van der Waals surface area contributed by atoms with E-state index in [-0.39, 0.29) is 17.6 Å². The molecule has 1 saturated heterocycles. The summed E-state index contributed by atoms with van der Waals surface area (Å²) in [5.74, 6) is 0.250. The topological polar surface area (TPSA) is 71.0 Å². The van der Waals surface area contributed by atoms with Crippen LogP contribution < -0.4 is 0 Å². The second-order valence-corrected chi connectivity index (χ2v) is 7.78. The number of rotatable bonds is 4. The Bertz CT molecular complexity index is 1140. The molecule has 0 atom stereocenters. The van der Waals surface area contributed by atoms with Crippen molar-refractivity contribution >= 4 is 23.9 Å². The summed E-state index contributed by atoms with van der Waals surface area (Å²) >= 11 is 5.19. The van der Waals surface area contributed by atoms with Gasteiger partial charge in [-0.2, -0.15) is 5.10 Å². The number of H-pyrrole nitrogens is 1. The Morgan fingerprint density at radius 2 is 1.70 bits per heavy atom. The van der Waals surface area contributed by atoms with Crippen LogP contribution in [0.1, 0.15) is 50.9 Å². The Morgan fingerprint density at radius 3 is 2.30 bits per heavy atom. The minimum Gasteiger partial charge on any atom is -0.339 e. The molecule has 2 heterocycles. The van der Waals surface area contributed by atoms with Crippen LogP contribution in [0, 0.1) is 10.6 Å². The lowest BCUT2D eigenvalue weighted by atomic mass is 9.94. The number of halogens is 1. The van der Waals surface area contributed by atoms with Crippen molar-refractivity contribution in [3.05, 3.63) is 81.6 Å². The number of likely N-dealkylation sites (tertiary alicyclic amines) is 1. The first-order chi connectivity index (χ1) is 14.5. The molecule has 6 nitrogen and oxygen atoms in total. The molecular formula is C22H21FN4O2S. The van der Waals surface area contributed by atoms with Gasteiger partial charge in [-0.3, -0.25) is 14.7 Å². The van der Waals surface area contributed by atoms with Crippen molar-refractivity contribution in [2.24, 2.45) is 7.05 Å². The summed E-state index contributed by atoms with van der Waals surface area (Å²) < 4.78 is 15.6. The first kappa shape index (κ1) is 20.2. The van der Waals surface area contributed by atoms with Crippen LogP contribution in [0.3, 0.4) is 0 Å². The summed E-state index contributed by atoms with van der Waals surface area (Å²) in [6.45, 7) is 1.14. The molecule has 1 amide bonds. The number of carbonyl (C=O) groups is 2. The first-order valence-electron chi connectivity index (χ1n) is 9.75. The van der Waals surface area contributed by atoms with E-state index < -0.39 is 5.82 Å². The molecule has 2 aromatic carbocycles. The van der Waals surface area contributed by atoms with E-state index in [1.165, 1.54) is 24.3 Å². The van der Waals surface area contributed by atoms with Gasteiger partial charge in [0.15, 0.2) is 10.6 Å². The van der Waals surface area contributed by atoms with Gasteiger partial charge in [-0.25, -0.2) is 4.39 Å². The third-order valence-electron chi connectivity index (χ3n) is 5.57. The van der Waals surface area contributed by atoms with Crippen LogP contribution >= 0.6 is 12.2 Å². The van der Waals surface area contributed by atoms with Crippen molar-refractivity contribution < 1.29 is 14.0 Å². The standard InChI is InChI=1S/C22H21FN4O2S/c1-26-20(24-25-22(26)30)15-10-12-27(13-11-15)21(29)18-5-3-2-4-17(18)19(28)14-6-8-16(23)9-7-14/h2-9,15H,10-13H2,1H3,(H,25,30). The molecule has 30 heavy (non-hydrogen) atoms. The number of aromatic nitrogens is 3. The molecule has 1 aliphatic heterocycles. The molecule has 4 rings (SSSR count). The maximum atomic E-state index is 13.2. The Hall–Kier alpha value is -3.13. The molecule has 154 valence electrons. The van der Waals surface area contributed by atoms with Crippen molar-refractivity contribution in [1.29, 1.82) is 0 Å². The van der Waals surface area contributed by atoms with Crippen LogP contribution in [0.2, 0.25) is 0 Å². The Balaban J connectivity index is 1.52. The highest BCUT2D eigenvalue weighted by Gasteiger charge is 2.29. The second-order valence-electron chi connectivity index (χ2n) is 7.39. The van der Waals surface area contributed by atoms with E-state index in [2.05, 4.69) is 10.2 Å². The SMILES string of the molecule is Cn1c(C2CCN(C(=O)c3ccccc3C(=O)c3ccc(F)cc3)CC2)n[nH]c1=S. The summed E-state index contributed by atoms with van der Waals surface area (Å²) in [7, 11) is 1.88. The molecule has 0 bridgehead atoms. The zero-order valence-electron chi connectivity index (χ0n) is 16.5. The van der Waals surface area contributed by atoms with Crippen molar-refractivity contribution in [3.8, 4) is 0 Å². The molecule has 0 aliphatic carbocycles. The Kier molecular flexibility index (Phi) is 5.59. The van der Waals surface area contributed by atoms with Gasteiger partial charge in [0, 0.05) is 37.2 Å². The van der Waals surface area contributed by atoms with Gasteiger partial charge >= 0.3 is 0 Å². The first-order valence-corrected chi connectivity index (χ1v) is 10.2. The predicted octanol–water partition coefficient (Wildman–Crippen LogP) is 3.87. The van der Waals surface area contributed by atoms with E-state index >= 15 is 0 Å². The summed E-state index contributed by atoms with van der Waals surface area (Å²) in [4.78, 5) is 27.9. The number of amides is 1. The third kappa shape index (κ3) is 3.82. The second kappa shape index (κ2) is 8.31. The molecule has 3 aromatic rings. The van der Waals surface area contributed by atoms with Gasteiger partial charge in [-0.1, -0.05) is 18.2 Å². The van der Waals surface area contributed by atoms with Gasteiger partial charge in [0.2, 0.25) is 0 Å². The third-order valence-corrected chi connectivity index (χ3v) is 5.94. The smallest absolute Gasteiger partial charge is 0.254 e. The van der Waals surface area contributed by atoms with Crippen molar-refractivity contribution in [1.82, 2.24) is 19.7 Å². The number of nitrogens with one attached hydrogen (secondary N) is 1. The monoisotopic (exact) mass is 424 g/mol. The lowest BCUT2D eigenvalue weighted by Gasteiger charge is -2.32. The van der Waals surface area contributed by atoms with Gasteiger partial charge < -0.3 is 9.47 Å². The van der Waals surface area contributed by atoms with Crippen LogP contribution in [0.4, 0.5) is 4.39 Å². The molecule has 1 aromatic heterocycles. The number of hydrogen-bond donors (Lipinski definition) is 1. The molecular weight excluding hydrogens is 403 g/mol. The van der Waals surface area contributed by atoms with Crippen LogP contribution in [0.15, 0.2) is 48.5 Å². The summed E-state index contributed by atoms with van der Waals surface area (Å²) in [6, 6.07) is 12.1. The summed E-state index contributed by atoms with van der Waals surface area (Å²) in [5.41, 5.74) is 1.04. The zero-order valence-corrected chi connectivity index (χ0v) is 17.3. The van der Waals surface area contributed by atoms with Gasteiger partial charge in [-0.05, 0) is 55.4 Å². The van der Waals surface area contributed by atoms with Crippen LogP contribution in [0.25, 0.3) is 0 Å². The molecule has 8 heteroatoms. The minimum atomic E-state index is -0.410. The van der Waals surface area contributed by atoms with E-state index in [4.69, 9.17) is 12.2 Å². The Morgan fingerprint density at radius 1 is 1.07 bits per heavy atom. The predicted molar refractivity (Wildman–Crippen MR) is 113 cm³/mol. The Labute approximate surface area is 178 Å². The van der Waals surface area contributed by atoms with Gasteiger partial charge in [0.05, 0.1) is 5.56 Å². The zero-order chi connectivity index (χ0) is 21.3. The number of aromatic amines is 1. The summed E-state index contributed by atoms with van der Waals surface area (Å²) in [6.07, 6.45) is 1.54.